The van der Waals surface area contributed by atoms with Crippen LogP contribution in [0.2, 0.25) is 0 Å². The highest BCUT2D eigenvalue weighted by molar-refractivity contribution is 7.89. The van der Waals surface area contributed by atoms with Gasteiger partial charge in [-0.1, -0.05) is 18.2 Å². The van der Waals surface area contributed by atoms with Crippen molar-refractivity contribution >= 4 is 10.0 Å². The second kappa shape index (κ2) is 6.69. The molecule has 0 saturated heterocycles. The molecule has 0 amide bonds. The Hall–Kier alpha value is -0.910. The van der Waals surface area contributed by atoms with Crippen molar-refractivity contribution in [3.8, 4) is 0 Å². The topological polar surface area (TPSA) is 55.4 Å². The fourth-order valence-electron chi connectivity index (χ4n) is 3.91. The maximum Gasteiger partial charge on any atom is 0.212 e. The second-order valence-corrected chi connectivity index (χ2v) is 8.31. The van der Waals surface area contributed by atoms with Gasteiger partial charge in [0.05, 0.1) is 5.75 Å². The van der Waals surface area contributed by atoms with Gasteiger partial charge in [0.1, 0.15) is 0 Å². The van der Waals surface area contributed by atoms with E-state index in [9.17, 15) is 8.42 Å². The first kappa shape index (κ1) is 16.0. The molecule has 122 valence electrons. The van der Waals surface area contributed by atoms with Gasteiger partial charge < -0.3 is 4.74 Å². The summed E-state index contributed by atoms with van der Waals surface area (Å²) in [6, 6.07) is 6.34. The summed E-state index contributed by atoms with van der Waals surface area (Å²) < 4.78 is 32.5. The monoisotopic (exact) mass is 323 g/mol. The lowest BCUT2D eigenvalue weighted by atomic mass is 9.84. The summed E-state index contributed by atoms with van der Waals surface area (Å²) in [5.41, 5.74) is 4.07. The van der Waals surface area contributed by atoms with Crippen LogP contribution in [-0.4, -0.2) is 27.9 Å². The number of unbranched alkanes of at least 4 members (excludes halogenated alkanes) is 1. The zero-order valence-electron chi connectivity index (χ0n) is 13.2. The second-order valence-electron chi connectivity index (χ2n) is 6.43. The van der Waals surface area contributed by atoms with Crippen molar-refractivity contribution in [2.24, 2.45) is 0 Å². The molecule has 22 heavy (non-hydrogen) atoms. The molecule has 0 heterocycles. The third kappa shape index (κ3) is 3.36. The molecule has 0 bridgehead atoms. The fraction of sp³-hybridized carbons (Fsp3) is 0.647. The summed E-state index contributed by atoms with van der Waals surface area (Å²) in [5, 5.41) is 0. The van der Waals surface area contributed by atoms with Crippen LogP contribution in [0.5, 0.6) is 0 Å². The highest BCUT2D eigenvalue weighted by Crippen LogP contribution is 2.47. The standard InChI is InChI=1S/C17H25NO3S/c1-21-10-2-3-11-22(19,20)18-16-12-14-8-4-6-13-7-5-9-15(16)17(13)14/h5,7,9,14,16,18H,2-4,6,8,10-12H2,1H3/t14-,16-/m0/s1. The molecule has 2 atom stereocenters. The van der Waals surface area contributed by atoms with Crippen molar-refractivity contribution in [3.63, 3.8) is 0 Å². The van der Waals surface area contributed by atoms with Gasteiger partial charge in [0.25, 0.3) is 0 Å². The number of methoxy groups -OCH3 is 1. The van der Waals surface area contributed by atoms with E-state index in [0.29, 0.717) is 18.9 Å². The Labute approximate surface area is 133 Å². The summed E-state index contributed by atoms with van der Waals surface area (Å²) in [6.45, 7) is 0.618. The number of ether oxygens (including phenoxy) is 1. The molecule has 0 aromatic heterocycles. The number of nitrogens with one attached hydrogen (secondary N) is 1. The molecule has 0 spiro atoms. The summed E-state index contributed by atoms with van der Waals surface area (Å²) in [5.74, 6) is 0.730. The van der Waals surface area contributed by atoms with Crippen molar-refractivity contribution in [3.05, 3.63) is 34.9 Å². The number of sulfonamides is 1. The van der Waals surface area contributed by atoms with Gasteiger partial charge in [-0.2, -0.15) is 0 Å². The molecule has 0 saturated carbocycles. The average molecular weight is 323 g/mol. The third-order valence-corrected chi connectivity index (χ3v) is 6.34. The molecule has 3 rings (SSSR count). The lowest BCUT2D eigenvalue weighted by Crippen LogP contribution is -2.29. The molecule has 4 nitrogen and oxygen atoms in total. The van der Waals surface area contributed by atoms with Gasteiger partial charge in [0.15, 0.2) is 0 Å². The van der Waals surface area contributed by atoms with E-state index < -0.39 is 10.0 Å². The van der Waals surface area contributed by atoms with Gasteiger partial charge in [-0.25, -0.2) is 13.1 Å². The summed E-state index contributed by atoms with van der Waals surface area (Å²) in [6.07, 6.45) is 5.89. The minimum absolute atomic E-state index is 0.0366. The molecular formula is C17H25NO3S. The lowest BCUT2D eigenvalue weighted by Gasteiger charge is -2.20. The number of aryl methyl sites for hydroxylation is 1. The van der Waals surface area contributed by atoms with Gasteiger partial charge in [-0.05, 0) is 61.1 Å². The van der Waals surface area contributed by atoms with Gasteiger partial charge in [0.2, 0.25) is 10.0 Å². The zero-order chi connectivity index (χ0) is 15.6. The Bertz CT molecular complexity index is 627. The fourth-order valence-corrected chi connectivity index (χ4v) is 5.27. The van der Waals surface area contributed by atoms with E-state index in [1.54, 1.807) is 7.11 Å². The van der Waals surface area contributed by atoms with Crippen LogP contribution in [0.15, 0.2) is 18.2 Å². The predicted octanol–water partition coefficient (Wildman–Crippen LogP) is 2.90. The minimum Gasteiger partial charge on any atom is -0.385 e. The number of benzene rings is 1. The van der Waals surface area contributed by atoms with Gasteiger partial charge in [-0.15, -0.1) is 0 Å². The highest BCUT2D eigenvalue weighted by atomic mass is 32.2. The van der Waals surface area contributed by atoms with Crippen molar-refractivity contribution in [2.75, 3.05) is 19.5 Å². The molecule has 1 aromatic carbocycles. The van der Waals surface area contributed by atoms with E-state index in [1.807, 2.05) is 0 Å². The van der Waals surface area contributed by atoms with Crippen LogP contribution in [0.3, 0.4) is 0 Å². The smallest absolute Gasteiger partial charge is 0.212 e. The molecular weight excluding hydrogens is 298 g/mol. The van der Waals surface area contributed by atoms with Crippen LogP contribution in [-0.2, 0) is 21.2 Å². The van der Waals surface area contributed by atoms with Crippen LogP contribution < -0.4 is 4.72 Å². The Balaban J connectivity index is 1.69. The van der Waals surface area contributed by atoms with Crippen LogP contribution >= 0.6 is 0 Å². The van der Waals surface area contributed by atoms with Crippen LogP contribution in [0.25, 0.3) is 0 Å². The van der Waals surface area contributed by atoms with E-state index in [0.717, 1.165) is 19.3 Å². The first-order chi connectivity index (χ1) is 10.6. The Morgan fingerprint density at radius 2 is 2.18 bits per heavy atom. The summed E-state index contributed by atoms with van der Waals surface area (Å²) in [4.78, 5) is 0. The van der Waals surface area contributed by atoms with Crippen LogP contribution in [0.4, 0.5) is 0 Å². The molecule has 2 aliphatic carbocycles. The quantitative estimate of drug-likeness (QED) is 0.785. The Morgan fingerprint density at radius 1 is 1.32 bits per heavy atom. The average Bonchev–Trinajstić information content (AvgIpc) is 2.84. The van der Waals surface area contributed by atoms with Gasteiger partial charge in [0, 0.05) is 19.8 Å². The first-order valence-electron chi connectivity index (χ1n) is 8.21. The highest BCUT2D eigenvalue weighted by Gasteiger charge is 2.36. The maximum absolute atomic E-state index is 12.3. The molecule has 0 unspecified atom stereocenters. The SMILES string of the molecule is COCCCCS(=O)(=O)N[C@H]1C[C@@H]2CCCc3cccc1c32. The first-order valence-corrected chi connectivity index (χ1v) is 9.86. The Kier molecular flexibility index (Phi) is 4.85. The van der Waals surface area contributed by atoms with Crippen LogP contribution in [0.1, 0.15) is 60.8 Å². The van der Waals surface area contributed by atoms with E-state index in [1.165, 1.54) is 29.5 Å². The van der Waals surface area contributed by atoms with Crippen molar-refractivity contribution in [2.45, 2.75) is 50.5 Å². The van der Waals surface area contributed by atoms with Crippen molar-refractivity contribution in [1.82, 2.24) is 4.72 Å². The van der Waals surface area contributed by atoms with Gasteiger partial charge >= 0.3 is 0 Å². The van der Waals surface area contributed by atoms with Crippen LogP contribution in [0, 0.1) is 0 Å². The largest absolute Gasteiger partial charge is 0.385 e. The molecule has 1 aromatic rings. The molecule has 1 N–H and O–H groups in total. The number of hydrogen-bond donors (Lipinski definition) is 1. The number of hydrogen-bond acceptors (Lipinski definition) is 3. The van der Waals surface area contributed by atoms with Crippen molar-refractivity contribution < 1.29 is 13.2 Å². The third-order valence-electron chi connectivity index (χ3n) is 4.87. The predicted molar refractivity (Wildman–Crippen MR) is 87.5 cm³/mol. The maximum atomic E-state index is 12.3. The summed E-state index contributed by atoms with van der Waals surface area (Å²) >= 11 is 0. The molecule has 0 radical (unpaired) electrons. The lowest BCUT2D eigenvalue weighted by molar-refractivity contribution is 0.194. The normalized spacial score (nSPS) is 23.5. The summed E-state index contributed by atoms with van der Waals surface area (Å²) in [7, 11) is -1.58. The minimum atomic E-state index is -3.22. The van der Waals surface area contributed by atoms with E-state index in [2.05, 4.69) is 22.9 Å². The van der Waals surface area contributed by atoms with Crippen molar-refractivity contribution in [1.29, 1.82) is 0 Å². The van der Waals surface area contributed by atoms with E-state index in [-0.39, 0.29) is 11.8 Å². The zero-order valence-corrected chi connectivity index (χ0v) is 14.0. The van der Waals surface area contributed by atoms with Gasteiger partial charge in [-0.3, -0.25) is 0 Å². The number of rotatable bonds is 7. The molecule has 2 aliphatic rings. The Morgan fingerprint density at radius 3 is 3.00 bits per heavy atom. The van der Waals surface area contributed by atoms with E-state index >= 15 is 0 Å². The molecule has 0 aliphatic heterocycles. The van der Waals surface area contributed by atoms with E-state index in [4.69, 9.17) is 4.74 Å². The molecule has 5 heteroatoms. The molecule has 0 fully saturated rings.